The summed E-state index contributed by atoms with van der Waals surface area (Å²) in [6.45, 7) is 2.10. The Hall–Kier alpha value is -1.25. The Bertz CT molecular complexity index is 410. The topological polar surface area (TPSA) is 42.2 Å². The molecule has 0 aromatic carbocycles. The average molecular weight is 205 g/mol. The summed E-state index contributed by atoms with van der Waals surface area (Å²) >= 11 is 0. The van der Waals surface area contributed by atoms with E-state index in [1.165, 1.54) is 5.56 Å². The Labute approximate surface area is 88.8 Å². The molecule has 1 spiro atoms. The molecule has 0 radical (unpaired) electrons. The zero-order valence-corrected chi connectivity index (χ0v) is 8.88. The maximum Gasteiger partial charge on any atom is 0.221 e. The highest BCUT2D eigenvalue weighted by atomic mass is 16.3. The fourth-order valence-corrected chi connectivity index (χ4v) is 3.18. The zero-order chi connectivity index (χ0) is 10.5. The summed E-state index contributed by atoms with van der Waals surface area (Å²) in [6, 6.07) is 2.28. The number of aryl methyl sites for hydroxylation is 1. The van der Waals surface area contributed by atoms with Gasteiger partial charge in [-0.25, -0.2) is 0 Å². The molecular weight excluding hydrogens is 190 g/mol. The number of fused-ring (bicyclic) bond motifs is 2. The van der Waals surface area contributed by atoms with E-state index in [1.807, 2.05) is 6.07 Å². The second kappa shape index (κ2) is 2.87. The minimum atomic E-state index is 0.0116. The minimum absolute atomic E-state index is 0.0116. The second-order valence-corrected chi connectivity index (χ2v) is 4.73. The molecule has 1 aromatic rings. The number of furan rings is 1. The van der Waals surface area contributed by atoms with Gasteiger partial charge in [0, 0.05) is 29.9 Å². The van der Waals surface area contributed by atoms with Crippen LogP contribution < -0.4 is 5.32 Å². The third kappa shape index (κ3) is 1.09. The standard InChI is InChI=1S/C12H15NO2/c1-8-12(7-11(14)13-8)5-2-3-10-9(12)4-6-15-10/h4,6,8H,2-3,5,7H2,1H3,(H,13,14). The first-order valence-electron chi connectivity index (χ1n) is 5.58. The van der Waals surface area contributed by atoms with Crippen molar-refractivity contribution >= 4 is 5.91 Å². The molecule has 3 rings (SSSR count). The first-order chi connectivity index (χ1) is 7.22. The Morgan fingerprint density at radius 1 is 1.60 bits per heavy atom. The quantitative estimate of drug-likeness (QED) is 0.701. The number of hydrogen-bond donors (Lipinski definition) is 1. The van der Waals surface area contributed by atoms with Gasteiger partial charge < -0.3 is 9.73 Å². The molecule has 2 unspecified atom stereocenters. The van der Waals surface area contributed by atoms with Crippen molar-refractivity contribution in [3.8, 4) is 0 Å². The molecule has 0 bridgehead atoms. The minimum Gasteiger partial charge on any atom is -0.469 e. The summed E-state index contributed by atoms with van der Waals surface area (Å²) in [6.07, 6.45) is 5.62. The maximum absolute atomic E-state index is 11.5. The van der Waals surface area contributed by atoms with E-state index in [9.17, 15) is 4.79 Å². The van der Waals surface area contributed by atoms with Crippen molar-refractivity contribution in [1.29, 1.82) is 0 Å². The lowest BCUT2D eigenvalue weighted by atomic mass is 9.68. The first kappa shape index (κ1) is 9.01. The van der Waals surface area contributed by atoms with Crippen LogP contribution in [-0.4, -0.2) is 11.9 Å². The summed E-state index contributed by atoms with van der Waals surface area (Å²) in [5.41, 5.74) is 1.28. The van der Waals surface area contributed by atoms with Gasteiger partial charge in [-0.1, -0.05) is 0 Å². The summed E-state index contributed by atoms with van der Waals surface area (Å²) in [4.78, 5) is 11.5. The molecule has 0 saturated carbocycles. The van der Waals surface area contributed by atoms with E-state index < -0.39 is 0 Å². The number of hydrogen-bond acceptors (Lipinski definition) is 2. The molecule has 2 aliphatic rings. The van der Waals surface area contributed by atoms with Crippen LogP contribution in [-0.2, 0) is 16.6 Å². The van der Waals surface area contributed by atoms with Crippen LogP contribution in [0.2, 0.25) is 0 Å². The van der Waals surface area contributed by atoms with Gasteiger partial charge in [-0.15, -0.1) is 0 Å². The smallest absolute Gasteiger partial charge is 0.221 e. The maximum atomic E-state index is 11.5. The molecule has 1 aromatic heterocycles. The predicted octanol–water partition coefficient (Wildman–Crippen LogP) is 1.76. The molecule has 2 atom stereocenters. The largest absolute Gasteiger partial charge is 0.469 e. The summed E-state index contributed by atoms with van der Waals surface area (Å²) in [5.74, 6) is 1.26. The molecule has 1 aliphatic carbocycles. The van der Waals surface area contributed by atoms with Crippen molar-refractivity contribution in [2.45, 2.75) is 44.1 Å². The molecule has 2 heterocycles. The summed E-state index contributed by atoms with van der Waals surface area (Å²) < 4.78 is 5.49. The Morgan fingerprint density at radius 2 is 2.47 bits per heavy atom. The molecular formula is C12H15NO2. The highest BCUT2D eigenvalue weighted by Crippen LogP contribution is 2.45. The number of carbonyl (C=O) groups excluding carboxylic acids is 1. The van der Waals surface area contributed by atoms with Crippen molar-refractivity contribution in [2.75, 3.05) is 0 Å². The predicted molar refractivity (Wildman–Crippen MR) is 55.5 cm³/mol. The van der Waals surface area contributed by atoms with E-state index in [2.05, 4.69) is 12.2 Å². The molecule has 1 aliphatic heterocycles. The zero-order valence-electron chi connectivity index (χ0n) is 8.88. The molecule has 1 amide bonds. The van der Waals surface area contributed by atoms with E-state index in [4.69, 9.17) is 4.42 Å². The molecule has 3 heteroatoms. The highest BCUT2D eigenvalue weighted by molar-refractivity contribution is 5.81. The van der Waals surface area contributed by atoms with Crippen LogP contribution in [0.3, 0.4) is 0 Å². The van der Waals surface area contributed by atoms with Gasteiger partial charge in [-0.3, -0.25) is 4.79 Å². The lowest BCUT2D eigenvalue weighted by Gasteiger charge is -2.35. The van der Waals surface area contributed by atoms with E-state index in [-0.39, 0.29) is 17.4 Å². The molecule has 80 valence electrons. The molecule has 1 fully saturated rings. The first-order valence-corrected chi connectivity index (χ1v) is 5.58. The molecule has 1 N–H and O–H groups in total. The molecule has 15 heavy (non-hydrogen) atoms. The van der Waals surface area contributed by atoms with Crippen molar-refractivity contribution in [2.24, 2.45) is 0 Å². The van der Waals surface area contributed by atoms with Crippen LogP contribution in [0, 0.1) is 0 Å². The third-order valence-electron chi connectivity index (χ3n) is 3.99. The van der Waals surface area contributed by atoms with Gasteiger partial charge in [-0.2, -0.15) is 0 Å². The fourth-order valence-electron chi connectivity index (χ4n) is 3.18. The monoisotopic (exact) mass is 205 g/mol. The van der Waals surface area contributed by atoms with Crippen molar-refractivity contribution in [1.82, 2.24) is 5.32 Å². The van der Waals surface area contributed by atoms with E-state index in [0.29, 0.717) is 6.42 Å². The lowest BCUT2D eigenvalue weighted by molar-refractivity contribution is -0.119. The van der Waals surface area contributed by atoms with Crippen molar-refractivity contribution < 1.29 is 9.21 Å². The van der Waals surface area contributed by atoms with E-state index in [1.54, 1.807) is 6.26 Å². The van der Waals surface area contributed by atoms with Crippen LogP contribution in [0.4, 0.5) is 0 Å². The van der Waals surface area contributed by atoms with Gasteiger partial charge in [-0.05, 0) is 25.8 Å². The van der Waals surface area contributed by atoms with Crippen LogP contribution >= 0.6 is 0 Å². The SMILES string of the molecule is CC1NC(=O)CC12CCCc1occc12. The second-order valence-electron chi connectivity index (χ2n) is 4.73. The Balaban J connectivity index is 2.11. The van der Waals surface area contributed by atoms with Crippen molar-refractivity contribution in [3.05, 3.63) is 23.7 Å². The van der Waals surface area contributed by atoms with Crippen LogP contribution in [0.1, 0.15) is 37.5 Å². The molecule has 3 nitrogen and oxygen atoms in total. The number of nitrogens with one attached hydrogen (secondary N) is 1. The van der Waals surface area contributed by atoms with Gasteiger partial charge in [0.05, 0.1) is 6.26 Å². The van der Waals surface area contributed by atoms with Crippen molar-refractivity contribution in [3.63, 3.8) is 0 Å². The van der Waals surface area contributed by atoms with Gasteiger partial charge in [0.15, 0.2) is 0 Å². The fraction of sp³-hybridized carbons (Fsp3) is 0.583. The van der Waals surface area contributed by atoms with Gasteiger partial charge >= 0.3 is 0 Å². The van der Waals surface area contributed by atoms with E-state index >= 15 is 0 Å². The van der Waals surface area contributed by atoms with E-state index in [0.717, 1.165) is 25.0 Å². The normalized spacial score (nSPS) is 34.2. The van der Waals surface area contributed by atoms with Gasteiger partial charge in [0.2, 0.25) is 5.91 Å². The van der Waals surface area contributed by atoms with Gasteiger partial charge in [0.1, 0.15) is 5.76 Å². The van der Waals surface area contributed by atoms with Crippen LogP contribution in [0.25, 0.3) is 0 Å². The van der Waals surface area contributed by atoms with Crippen LogP contribution in [0.15, 0.2) is 16.7 Å². The number of amides is 1. The number of rotatable bonds is 0. The molecule has 1 saturated heterocycles. The summed E-state index contributed by atoms with van der Waals surface area (Å²) in [5, 5.41) is 3.03. The lowest BCUT2D eigenvalue weighted by Crippen LogP contribution is -2.40. The Kier molecular flexibility index (Phi) is 1.73. The number of carbonyl (C=O) groups is 1. The summed E-state index contributed by atoms with van der Waals surface area (Å²) in [7, 11) is 0. The Morgan fingerprint density at radius 3 is 3.20 bits per heavy atom. The third-order valence-corrected chi connectivity index (χ3v) is 3.99. The highest BCUT2D eigenvalue weighted by Gasteiger charge is 2.48. The average Bonchev–Trinajstić information content (AvgIpc) is 2.74. The van der Waals surface area contributed by atoms with Crippen LogP contribution in [0.5, 0.6) is 0 Å². The van der Waals surface area contributed by atoms with Gasteiger partial charge in [0.25, 0.3) is 0 Å².